The molecular formula is C15H21FN2O2. The summed E-state index contributed by atoms with van der Waals surface area (Å²) in [5.41, 5.74) is 0. The molecule has 1 aliphatic rings. The van der Waals surface area contributed by atoms with Gasteiger partial charge in [-0.1, -0.05) is 19.1 Å². The van der Waals surface area contributed by atoms with E-state index < -0.39 is 11.9 Å². The molecule has 0 saturated carbocycles. The number of hydrogen-bond acceptors (Lipinski definition) is 3. The monoisotopic (exact) mass is 280 g/mol. The molecule has 1 saturated heterocycles. The Kier molecular flexibility index (Phi) is 5.35. The van der Waals surface area contributed by atoms with Crippen LogP contribution in [0.2, 0.25) is 0 Å². The molecule has 1 aromatic carbocycles. The van der Waals surface area contributed by atoms with Crippen molar-refractivity contribution in [2.24, 2.45) is 0 Å². The van der Waals surface area contributed by atoms with Gasteiger partial charge >= 0.3 is 0 Å². The lowest BCUT2D eigenvalue weighted by molar-refractivity contribution is -0.129. The van der Waals surface area contributed by atoms with Crippen LogP contribution >= 0.6 is 0 Å². The van der Waals surface area contributed by atoms with Crippen LogP contribution in [0.4, 0.5) is 4.39 Å². The number of benzene rings is 1. The van der Waals surface area contributed by atoms with Gasteiger partial charge in [-0.3, -0.25) is 4.79 Å². The fourth-order valence-corrected chi connectivity index (χ4v) is 2.28. The van der Waals surface area contributed by atoms with Crippen LogP contribution in [-0.4, -0.2) is 31.1 Å². The minimum absolute atomic E-state index is 0.122. The first-order valence-corrected chi connectivity index (χ1v) is 7.13. The summed E-state index contributed by atoms with van der Waals surface area (Å²) in [4.78, 5) is 12.2. The average Bonchev–Trinajstić information content (AvgIpc) is 2.47. The van der Waals surface area contributed by atoms with Gasteiger partial charge in [0.05, 0.1) is 0 Å². The van der Waals surface area contributed by atoms with E-state index in [1.165, 1.54) is 12.1 Å². The molecule has 2 unspecified atom stereocenters. The fourth-order valence-electron chi connectivity index (χ4n) is 2.28. The van der Waals surface area contributed by atoms with Crippen molar-refractivity contribution >= 4 is 5.91 Å². The lowest BCUT2D eigenvalue weighted by Gasteiger charge is -2.26. The smallest absolute Gasteiger partial charge is 0.261 e. The van der Waals surface area contributed by atoms with Gasteiger partial charge < -0.3 is 15.4 Å². The van der Waals surface area contributed by atoms with Crippen LogP contribution in [0.3, 0.4) is 0 Å². The standard InChI is InChI=1S/C15H21FN2O2/c1-2-13(20-14-8-4-3-7-12(14)16)15(19)18-11-6-5-9-17-10-11/h3-4,7-8,11,13,17H,2,5-6,9-10H2,1H3,(H,18,19). The van der Waals surface area contributed by atoms with Gasteiger partial charge in [0.1, 0.15) is 0 Å². The molecule has 4 nitrogen and oxygen atoms in total. The van der Waals surface area contributed by atoms with E-state index in [-0.39, 0.29) is 17.7 Å². The topological polar surface area (TPSA) is 50.4 Å². The van der Waals surface area contributed by atoms with Crippen molar-refractivity contribution < 1.29 is 13.9 Å². The highest BCUT2D eigenvalue weighted by Gasteiger charge is 2.23. The van der Waals surface area contributed by atoms with Crippen molar-refractivity contribution in [2.75, 3.05) is 13.1 Å². The molecule has 2 atom stereocenters. The van der Waals surface area contributed by atoms with Crippen LogP contribution < -0.4 is 15.4 Å². The summed E-state index contributed by atoms with van der Waals surface area (Å²) in [6, 6.07) is 6.28. The molecular weight excluding hydrogens is 259 g/mol. The van der Waals surface area contributed by atoms with Crippen LogP contribution in [0.15, 0.2) is 24.3 Å². The van der Waals surface area contributed by atoms with Crippen molar-refractivity contribution in [3.05, 3.63) is 30.1 Å². The van der Waals surface area contributed by atoms with Crippen LogP contribution in [0.25, 0.3) is 0 Å². The molecule has 2 N–H and O–H groups in total. The second-order valence-corrected chi connectivity index (χ2v) is 5.00. The zero-order valence-corrected chi connectivity index (χ0v) is 11.7. The predicted molar refractivity (Wildman–Crippen MR) is 75.1 cm³/mol. The number of rotatable bonds is 5. The Labute approximate surface area is 118 Å². The first-order chi connectivity index (χ1) is 9.70. The Hall–Kier alpha value is -1.62. The Balaban J connectivity index is 1.93. The molecule has 20 heavy (non-hydrogen) atoms. The maximum absolute atomic E-state index is 13.5. The normalized spacial score (nSPS) is 20.2. The van der Waals surface area contributed by atoms with Gasteiger partial charge in [0.15, 0.2) is 17.7 Å². The Bertz CT molecular complexity index is 447. The second kappa shape index (κ2) is 7.24. The molecule has 2 rings (SSSR count). The number of halogens is 1. The average molecular weight is 280 g/mol. The van der Waals surface area contributed by atoms with E-state index >= 15 is 0 Å². The zero-order valence-electron chi connectivity index (χ0n) is 11.7. The highest BCUT2D eigenvalue weighted by atomic mass is 19.1. The molecule has 1 aromatic rings. The van der Waals surface area contributed by atoms with Gasteiger partial charge in [0.25, 0.3) is 5.91 Å². The van der Waals surface area contributed by atoms with E-state index in [0.29, 0.717) is 6.42 Å². The van der Waals surface area contributed by atoms with Gasteiger partial charge in [-0.2, -0.15) is 0 Å². The molecule has 5 heteroatoms. The molecule has 1 aliphatic heterocycles. The van der Waals surface area contributed by atoms with Gasteiger partial charge in [-0.25, -0.2) is 4.39 Å². The summed E-state index contributed by atoms with van der Waals surface area (Å²) >= 11 is 0. The minimum atomic E-state index is -0.658. The highest BCUT2D eigenvalue weighted by molar-refractivity contribution is 5.81. The van der Waals surface area contributed by atoms with Crippen molar-refractivity contribution in [3.8, 4) is 5.75 Å². The first-order valence-electron chi connectivity index (χ1n) is 7.13. The van der Waals surface area contributed by atoms with Crippen LogP contribution in [0.1, 0.15) is 26.2 Å². The lowest BCUT2D eigenvalue weighted by atomic mass is 10.1. The fraction of sp³-hybridized carbons (Fsp3) is 0.533. The third-order valence-electron chi connectivity index (χ3n) is 3.41. The van der Waals surface area contributed by atoms with Crippen LogP contribution in [0.5, 0.6) is 5.75 Å². The minimum Gasteiger partial charge on any atom is -0.478 e. The summed E-state index contributed by atoms with van der Waals surface area (Å²) < 4.78 is 19.0. The number of nitrogens with one attached hydrogen (secondary N) is 2. The molecule has 1 heterocycles. The molecule has 110 valence electrons. The number of hydrogen-bond donors (Lipinski definition) is 2. The zero-order chi connectivity index (χ0) is 14.4. The number of piperidine rings is 1. The molecule has 0 spiro atoms. The largest absolute Gasteiger partial charge is 0.478 e. The summed E-state index contributed by atoms with van der Waals surface area (Å²) in [7, 11) is 0. The van der Waals surface area contributed by atoms with Crippen molar-refractivity contribution in [1.29, 1.82) is 0 Å². The second-order valence-electron chi connectivity index (χ2n) is 5.00. The SMILES string of the molecule is CCC(Oc1ccccc1F)C(=O)NC1CCCNC1. The molecule has 0 radical (unpaired) electrons. The van der Waals surface area contributed by atoms with Crippen molar-refractivity contribution in [3.63, 3.8) is 0 Å². The molecule has 0 aliphatic carbocycles. The van der Waals surface area contributed by atoms with E-state index in [0.717, 1.165) is 25.9 Å². The van der Waals surface area contributed by atoms with Gasteiger partial charge in [-0.15, -0.1) is 0 Å². The Morgan fingerprint density at radius 2 is 2.35 bits per heavy atom. The Morgan fingerprint density at radius 3 is 3.00 bits per heavy atom. The maximum Gasteiger partial charge on any atom is 0.261 e. The number of amides is 1. The Morgan fingerprint density at radius 1 is 1.55 bits per heavy atom. The maximum atomic E-state index is 13.5. The molecule has 1 amide bonds. The number of carbonyl (C=O) groups excluding carboxylic acids is 1. The molecule has 0 aromatic heterocycles. The van der Waals surface area contributed by atoms with E-state index in [1.54, 1.807) is 12.1 Å². The quantitative estimate of drug-likeness (QED) is 0.865. The van der Waals surface area contributed by atoms with Gasteiger partial charge in [0, 0.05) is 12.6 Å². The third-order valence-corrected chi connectivity index (χ3v) is 3.41. The van der Waals surface area contributed by atoms with Gasteiger partial charge in [-0.05, 0) is 37.9 Å². The van der Waals surface area contributed by atoms with E-state index in [2.05, 4.69) is 10.6 Å². The number of carbonyl (C=O) groups is 1. The van der Waals surface area contributed by atoms with Crippen LogP contribution in [0, 0.1) is 5.82 Å². The van der Waals surface area contributed by atoms with E-state index in [4.69, 9.17) is 4.74 Å². The van der Waals surface area contributed by atoms with E-state index in [1.807, 2.05) is 6.92 Å². The van der Waals surface area contributed by atoms with Crippen molar-refractivity contribution in [1.82, 2.24) is 10.6 Å². The van der Waals surface area contributed by atoms with Gasteiger partial charge in [0.2, 0.25) is 0 Å². The highest BCUT2D eigenvalue weighted by Crippen LogP contribution is 2.18. The molecule has 1 fully saturated rings. The summed E-state index contributed by atoms with van der Waals surface area (Å²) in [5.74, 6) is -0.501. The summed E-state index contributed by atoms with van der Waals surface area (Å²) in [6.45, 7) is 3.63. The third kappa shape index (κ3) is 3.93. The number of para-hydroxylation sites is 1. The van der Waals surface area contributed by atoms with Crippen LogP contribution in [-0.2, 0) is 4.79 Å². The number of ether oxygens (including phenoxy) is 1. The first kappa shape index (κ1) is 14.8. The summed E-state index contributed by atoms with van der Waals surface area (Å²) in [6.07, 6.45) is 1.86. The molecule has 0 bridgehead atoms. The summed E-state index contributed by atoms with van der Waals surface area (Å²) in [5, 5.41) is 6.20. The predicted octanol–water partition coefficient (Wildman–Crippen LogP) is 1.85. The van der Waals surface area contributed by atoms with E-state index in [9.17, 15) is 9.18 Å². The lowest BCUT2D eigenvalue weighted by Crippen LogP contribution is -2.49. The van der Waals surface area contributed by atoms with Crippen molar-refractivity contribution in [2.45, 2.75) is 38.3 Å².